The number of unbranched alkanes of at least 4 members (excludes halogenated alkanes) is 1. The number of aromatic amines is 1. The van der Waals surface area contributed by atoms with Crippen LogP contribution in [0.5, 0.6) is 0 Å². The summed E-state index contributed by atoms with van der Waals surface area (Å²) in [5.74, 6) is 0.233. The quantitative estimate of drug-likeness (QED) is 0.840. The van der Waals surface area contributed by atoms with Crippen LogP contribution in [0, 0.1) is 0 Å². The molecule has 0 atom stereocenters. The maximum atomic E-state index is 12.4. The van der Waals surface area contributed by atoms with E-state index >= 15 is 0 Å². The third-order valence-corrected chi connectivity index (χ3v) is 2.99. The number of hydrogen-bond acceptors (Lipinski definition) is 4. The van der Waals surface area contributed by atoms with E-state index in [1.807, 2.05) is 12.1 Å². The van der Waals surface area contributed by atoms with E-state index in [9.17, 15) is 4.79 Å². The smallest absolute Gasteiger partial charge is 0.272 e. The molecule has 20 heavy (non-hydrogen) atoms. The Hall–Kier alpha value is -2.37. The van der Waals surface area contributed by atoms with Gasteiger partial charge in [0.2, 0.25) is 0 Å². The topological polar surface area (TPSA) is 87.9 Å². The first kappa shape index (κ1) is 14.0. The first-order valence-corrected chi connectivity index (χ1v) is 6.69. The van der Waals surface area contributed by atoms with E-state index in [0.29, 0.717) is 24.6 Å². The molecule has 0 aromatic carbocycles. The van der Waals surface area contributed by atoms with Gasteiger partial charge in [-0.25, -0.2) is 0 Å². The van der Waals surface area contributed by atoms with Crippen molar-refractivity contribution < 1.29 is 4.79 Å². The number of H-pyrrole nitrogens is 1. The Balaban J connectivity index is 2.12. The highest BCUT2D eigenvalue weighted by molar-refractivity contribution is 5.92. The number of anilines is 1. The fourth-order valence-electron chi connectivity index (χ4n) is 1.93. The van der Waals surface area contributed by atoms with Gasteiger partial charge in [0.25, 0.3) is 5.91 Å². The van der Waals surface area contributed by atoms with E-state index in [1.165, 1.54) is 0 Å². The molecule has 6 heteroatoms. The molecule has 0 bridgehead atoms. The van der Waals surface area contributed by atoms with Gasteiger partial charge < -0.3 is 10.6 Å². The molecule has 0 spiro atoms. The summed E-state index contributed by atoms with van der Waals surface area (Å²) in [5.41, 5.74) is 6.97. The fourth-order valence-corrected chi connectivity index (χ4v) is 1.93. The van der Waals surface area contributed by atoms with Crippen LogP contribution in [0.1, 0.15) is 35.8 Å². The minimum atomic E-state index is -0.0912. The molecule has 106 valence electrons. The average Bonchev–Trinajstić information content (AvgIpc) is 2.90. The van der Waals surface area contributed by atoms with Gasteiger partial charge in [-0.15, -0.1) is 0 Å². The van der Waals surface area contributed by atoms with Crippen molar-refractivity contribution in [3.63, 3.8) is 0 Å². The lowest BCUT2D eigenvalue weighted by atomic mass is 10.2. The lowest BCUT2D eigenvalue weighted by molar-refractivity contribution is 0.0734. The molecule has 6 nitrogen and oxygen atoms in total. The van der Waals surface area contributed by atoms with Crippen molar-refractivity contribution >= 4 is 11.7 Å². The molecule has 2 aromatic heterocycles. The number of rotatable bonds is 6. The van der Waals surface area contributed by atoms with Crippen LogP contribution >= 0.6 is 0 Å². The van der Waals surface area contributed by atoms with E-state index in [2.05, 4.69) is 22.1 Å². The van der Waals surface area contributed by atoms with Crippen LogP contribution in [0.4, 0.5) is 5.82 Å². The van der Waals surface area contributed by atoms with Gasteiger partial charge in [0.05, 0.1) is 0 Å². The van der Waals surface area contributed by atoms with Crippen molar-refractivity contribution in [1.82, 2.24) is 20.1 Å². The maximum Gasteiger partial charge on any atom is 0.272 e. The first-order valence-electron chi connectivity index (χ1n) is 6.69. The fraction of sp³-hybridized carbons (Fsp3) is 0.357. The summed E-state index contributed by atoms with van der Waals surface area (Å²) in [7, 11) is 0. The Morgan fingerprint density at radius 1 is 1.50 bits per heavy atom. The number of nitrogens with zero attached hydrogens (tertiary/aromatic N) is 3. The van der Waals surface area contributed by atoms with Crippen LogP contribution < -0.4 is 5.73 Å². The van der Waals surface area contributed by atoms with Crippen molar-refractivity contribution in [2.45, 2.75) is 26.3 Å². The second kappa shape index (κ2) is 6.70. The standard InChI is InChI=1S/C14H19N5O/c1-2-3-7-19(10-11-5-4-6-16-9-11)14(20)12-8-13(15)18-17-12/h4-6,8-9H,2-3,7,10H2,1H3,(H3,15,17,18). The summed E-state index contributed by atoms with van der Waals surface area (Å²) in [6, 6.07) is 5.39. The predicted octanol–water partition coefficient (Wildman–Crippen LogP) is 1.83. The van der Waals surface area contributed by atoms with Gasteiger partial charge in [0, 0.05) is 31.5 Å². The molecule has 2 aromatic rings. The maximum absolute atomic E-state index is 12.4. The van der Waals surface area contributed by atoms with Gasteiger partial charge in [-0.1, -0.05) is 19.4 Å². The van der Waals surface area contributed by atoms with E-state index in [1.54, 1.807) is 23.4 Å². The Kier molecular flexibility index (Phi) is 4.70. The Labute approximate surface area is 118 Å². The van der Waals surface area contributed by atoms with Gasteiger partial charge in [0.15, 0.2) is 0 Å². The Morgan fingerprint density at radius 3 is 2.95 bits per heavy atom. The number of amides is 1. The molecule has 1 amide bonds. The second-order valence-electron chi connectivity index (χ2n) is 4.65. The third-order valence-electron chi connectivity index (χ3n) is 2.99. The minimum Gasteiger partial charge on any atom is -0.382 e. The van der Waals surface area contributed by atoms with E-state index in [0.717, 1.165) is 18.4 Å². The first-order chi connectivity index (χ1) is 9.70. The summed E-state index contributed by atoms with van der Waals surface area (Å²) in [4.78, 5) is 18.3. The summed E-state index contributed by atoms with van der Waals surface area (Å²) in [6.07, 6.45) is 5.47. The highest BCUT2D eigenvalue weighted by Crippen LogP contribution is 2.10. The van der Waals surface area contributed by atoms with E-state index < -0.39 is 0 Å². The monoisotopic (exact) mass is 273 g/mol. The molecule has 0 saturated heterocycles. The number of carbonyl (C=O) groups is 1. The van der Waals surface area contributed by atoms with Gasteiger partial charge >= 0.3 is 0 Å². The molecular weight excluding hydrogens is 254 g/mol. The lowest BCUT2D eigenvalue weighted by Gasteiger charge is -2.21. The van der Waals surface area contributed by atoms with Crippen LogP contribution in [0.15, 0.2) is 30.6 Å². The molecule has 0 aliphatic heterocycles. The zero-order chi connectivity index (χ0) is 14.4. The van der Waals surface area contributed by atoms with E-state index in [4.69, 9.17) is 5.73 Å². The van der Waals surface area contributed by atoms with Crippen LogP contribution in [-0.4, -0.2) is 32.5 Å². The summed E-state index contributed by atoms with van der Waals surface area (Å²) >= 11 is 0. The number of carbonyl (C=O) groups excluding carboxylic acids is 1. The minimum absolute atomic E-state index is 0.0912. The van der Waals surface area contributed by atoms with Crippen molar-refractivity contribution in [3.8, 4) is 0 Å². The molecule has 0 radical (unpaired) electrons. The molecule has 0 aliphatic carbocycles. The highest BCUT2D eigenvalue weighted by atomic mass is 16.2. The SMILES string of the molecule is CCCCN(Cc1cccnc1)C(=O)c1cc(N)n[nH]1. The number of nitrogen functional groups attached to an aromatic ring is 1. The molecule has 2 heterocycles. The number of pyridine rings is 1. The summed E-state index contributed by atoms with van der Waals surface area (Å²) < 4.78 is 0. The molecule has 0 unspecified atom stereocenters. The number of nitrogens with two attached hydrogens (primary N) is 1. The van der Waals surface area contributed by atoms with Crippen LogP contribution in [0.3, 0.4) is 0 Å². The van der Waals surface area contributed by atoms with Gasteiger partial charge in [-0.2, -0.15) is 5.10 Å². The Bertz CT molecular complexity index is 552. The molecule has 0 aliphatic rings. The van der Waals surface area contributed by atoms with Crippen molar-refractivity contribution in [1.29, 1.82) is 0 Å². The summed E-state index contributed by atoms with van der Waals surface area (Å²) in [5, 5.41) is 6.47. The average molecular weight is 273 g/mol. The van der Waals surface area contributed by atoms with Crippen LogP contribution in [0.25, 0.3) is 0 Å². The normalized spacial score (nSPS) is 10.4. The third kappa shape index (κ3) is 3.57. The Morgan fingerprint density at radius 2 is 2.35 bits per heavy atom. The predicted molar refractivity (Wildman–Crippen MR) is 76.9 cm³/mol. The largest absolute Gasteiger partial charge is 0.382 e. The van der Waals surface area contributed by atoms with Crippen LogP contribution in [-0.2, 0) is 6.54 Å². The number of aromatic nitrogens is 3. The lowest BCUT2D eigenvalue weighted by Crippen LogP contribution is -2.31. The van der Waals surface area contributed by atoms with Gasteiger partial charge in [0.1, 0.15) is 11.5 Å². The molecule has 3 N–H and O–H groups in total. The molecular formula is C14H19N5O. The highest BCUT2D eigenvalue weighted by Gasteiger charge is 2.17. The molecule has 0 saturated carbocycles. The zero-order valence-corrected chi connectivity index (χ0v) is 11.5. The second-order valence-corrected chi connectivity index (χ2v) is 4.65. The zero-order valence-electron chi connectivity index (χ0n) is 11.5. The number of nitrogens with one attached hydrogen (secondary N) is 1. The van der Waals surface area contributed by atoms with Crippen molar-refractivity contribution in [2.75, 3.05) is 12.3 Å². The van der Waals surface area contributed by atoms with E-state index in [-0.39, 0.29) is 5.91 Å². The van der Waals surface area contributed by atoms with Gasteiger partial charge in [-0.05, 0) is 18.1 Å². The van der Waals surface area contributed by atoms with Gasteiger partial charge in [-0.3, -0.25) is 14.9 Å². The van der Waals surface area contributed by atoms with Crippen molar-refractivity contribution in [3.05, 3.63) is 41.9 Å². The van der Waals surface area contributed by atoms with Crippen LogP contribution in [0.2, 0.25) is 0 Å². The molecule has 2 rings (SSSR count). The summed E-state index contributed by atoms with van der Waals surface area (Å²) in [6.45, 7) is 3.33. The van der Waals surface area contributed by atoms with Crippen molar-refractivity contribution in [2.24, 2.45) is 0 Å². The number of hydrogen-bond donors (Lipinski definition) is 2. The molecule has 0 fully saturated rings.